The predicted octanol–water partition coefficient (Wildman–Crippen LogP) is 4.75. The van der Waals surface area contributed by atoms with Gasteiger partial charge in [-0.25, -0.2) is 0 Å². The second-order valence-corrected chi connectivity index (χ2v) is 4.79. The summed E-state index contributed by atoms with van der Waals surface area (Å²) in [5, 5.41) is 0.980. The minimum absolute atomic E-state index is 0.866. The van der Waals surface area contributed by atoms with Gasteiger partial charge >= 0.3 is 0 Å². The largest absolute Gasteiger partial charge is 0.0880 e. The van der Waals surface area contributed by atoms with E-state index in [0.717, 1.165) is 17.7 Å². The number of benzene rings is 1. The summed E-state index contributed by atoms with van der Waals surface area (Å²) in [6, 6.07) is 9.05. The fourth-order valence-corrected chi connectivity index (χ4v) is 2.31. The Morgan fingerprint density at radius 3 is 2.47 bits per heavy atom. The number of allylic oxidation sites excluding steroid dienone is 1. The predicted molar refractivity (Wildman–Crippen MR) is 70.5 cm³/mol. The lowest BCUT2D eigenvalue weighted by Gasteiger charge is -2.01. The van der Waals surface area contributed by atoms with Gasteiger partial charge in [-0.2, -0.15) is 0 Å². The molecule has 0 radical (unpaired) electrons. The lowest BCUT2D eigenvalue weighted by Crippen LogP contribution is -1.83. The van der Waals surface area contributed by atoms with Crippen LogP contribution in [0.1, 0.15) is 43.2 Å². The van der Waals surface area contributed by atoms with Gasteiger partial charge in [0, 0.05) is 5.33 Å². The molecule has 0 amide bonds. The Kier molecular flexibility index (Phi) is 3.63. The molecule has 80 valence electrons. The summed E-state index contributed by atoms with van der Waals surface area (Å²) >= 11 is 3.51. The van der Waals surface area contributed by atoms with E-state index in [1.165, 1.54) is 29.5 Å². The standard InChI is InChI=1S/C14H17Br/c1-2-11(10-15)9-12-3-5-13(6-4-12)14-7-8-14/h3-6,9,14H,2,7-8,10H2,1H3. The normalized spacial score (nSPS) is 16.8. The van der Waals surface area contributed by atoms with Gasteiger partial charge in [-0.3, -0.25) is 0 Å². The molecule has 2 rings (SSSR count). The number of alkyl halides is 1. The SMILES string of the molecule is CCC(=Cc1ccc(C2CC2)cc1)CBr. The highest BCUT2D eigenvalue weighted by Gasteiger charge is 2.22. The van der Waals surface area contributed by atoms with Crippen molar-refractivity contribution in [2.45, 2.75) is 32.1 Å². The van der Waals surface area contributed by atoms with Crippen molar-refractivity contribution in [3.8, 4) is 0 Å². The molecule has 1 aliphatic rings. The highest BCUT2D eigenvalue weighted by molar-refractivity contribution is 9.09. The summed E-state index contributed by atoms with van der Waals surface area (Å²) < 4.78 is 0. The summed E-state index contributed by atoms with van der Waals surface area (Å²) in [6.45, 7) is 2.20. The van der Waals surface area contributed by atoms with Gasteiger partial charge in [-0.05, 0) is 36.3 Å². The van der Waals surface area contributed by atoms with Crippen molar-refractivity contribution in [3.05, 3.63) is 41.0 Å². The first-order chi connectivity index (χ1) is 7.33. The molecule has 0 nitrogen and oxygen atoms in total. The summed E-state index contributed by atoms with van der Waals surface area (Å²) in [4.78, 5) is 0. The van der Waals surface area contributed by atoms with Gasteiger partial charge in [-0.15, -0.1) is 0 Å². The zero-order chi connectivity index (χ0) is 10.7. The van der Waals surface area contributed by atoms with Crippen molar-refractivity contribution in [2.75, 3.05) is 5.33 Å². The molecule has 0 bridgehead atoms. The van der Waals surface area contributed by atoms with Crippen LogP contribution in [0.4, 0.5) is 0 Å². The average molecular weight is 265 g/mol. The summed E-state index contributed by atoms with van der Waals surface area (Å²) in [6.07, 6.45) is 6.18. The summed E-state index contributed by atoms with van der Waals surface area (Å²) in [5.41, 5.74) is 4.30. The molecule has 0 spiro atoms. The summed E-state index contributed by atoms with van der Waals surface area (Å²) in [5.74, 6) is 0.866. The van der Waals surface area contributed by atoms with Gasteiger partial charge in [0.25, 0.3) is 0 Å². The highest BCUT2D eigenvalue weighted by atomic mass is 79.9. The maximum absolute atomic E-state index is 3.51. The maximum Gasteiger partial charge on any atom is 0.0245 e. The van der Waals surface area contributed by atoms with E-state index >= 15 is 0 Å². The minimum atomic E-state index is 0.866. The molecule has 0 heterocycles. The van der Waals surface area contributed by atoms with Gasteiger partial charge in [0.2, 0.25) is 0 Å². The summed E-state index contributed by atoms with van der Waals surface area (Å²) in [7, 11) is 0. The fourth-order valence-electron chi connectivity index (χ4n) is 1.75. The topological polar surface area (TPSA) is 0 Å². The second-order valence-electron chi connectivity index (χ2n) is 4.23. The molecule has 1 aromatic carbocycles. The number of halogens is 1. The Bertz CT molecular complexity index is 338. The van der Waals surface area contributed by atoms with Gasteiger partial charge < -0.3 is 0 Å². The Labute approximate surface area is 101 Å². The molecule has 0 aromatic heterocycles. The van der Waals surface area contributed by atoms with Crippen LogP contribution in [0.2, 0.25) is 0 Å². The first-order valence-electron chi connectivity index (χ1n) is 5.69. The smallest absolute Gasteiger partial charge is 0.0245 e. The molecular weight excluding hydrogens is 248 g/mol. The van der Waals surface area contributed by atoms with E-state index in [9.17, 15) is 0 Å². The van der Waals surface area contributed by atoms with Crippen molar-refractivity contribution in [3.63, 3.8) is 0 Å². The molecule has 1 aromatic rings. The molecule has 1 aliphatic carbocycles. The van der Waals surface area contributed by atoms with Crippen molar-refractivity contribution in [1.82, 2.24) is 0 Å². The molecule has 1 fully saturated rings. The zero-order valence-corrected chi connectivity index (χ0v) is 10.8. The molecule has 1 heteroatoms. The lowest BCUT2D eigenvalue weighted by molar-refractivity contribution is 1.12. The van der Waals surface area contributed by atoms with Crippen LogP contribution in [0, 0.1) is 0 Å². The molecule has 0 unspecified atom stereocenters. The molecular formula is C14H17Br. The van der Waals surface area contributed by atoms with Crippen LogP contribution >= 0.6 is 15.9 Å². The van der Waals surface area contributed by atoms with E-state index in [2.05, 4.69) is 53.2 Å². The van der Waals surface area contributed by atoms with Crippen LogP contribution in [0.3, 0.4) is 0 Å². The van der Waals surface area contributed by atoms with Crippen LogP contribution in [0.5, 0.6) is 0 Å². The Morgan fingerprint density at radius 2 is 2.00 bits per heavy atom. The zero-order valence-electron chi connectivity index (χ0n) is 9.17. The van der Waals surface area contributed by atoms with Crippen LogP contribution in [0.25, 0.3) is 6.08 Å². The highest BCUT2D eigenvalue weighted by Crippen LogP contribution is 2.39. The minimum Gasteiger partial charge on any atom is -0.0880 e. The van der Waals surface area contributed by atoms with Crippen molar-refractivity contribution in [2.24, 2.45) is 0 Å². The Balaban J connectivity index is 2.11. The second kappa shape index (κ2) is 4.98. The van der Waals surface area contributed by atoms with E-state index in [4.69, 9.17) is 0 Å². The van der Waals surface area contributed by atoms with E-state index < -0.39 is 0 Å². The van der Waals surface area contributed by atoms with Gasteiger partial charge in [-0.1, -0.05) is 58.8 Å². The van der Waals surface area contributed by atoms with E-state index in [-0.39, 0.29) is 0 Å². The quantitative estimate of drug-likeness (QED) is 0.689. The third-order valence-corrected chi connectivity index (χ3v) is 3.70. The fraction of sp³-hybridized carbons (Fsp3) is 0.429. The number of rotatable bonds is 4. The van der Waals surface area contributed by atoms with Gasteiger partial charge in [0.05, 0.1) is 0 Å². The molecule has 0 N–H and O–H groups in total. The van der Waals surface area contributed by atoms with E-state index in [1.54, 1.807) is 0 Å². The van der Waals surface area contributed by atoms with Gasteiger partial charge in [0.15, 0.2) is 0 Å². The Morgan fingerprint density at radius 1 is 1.33 bits per heavy atom. The van der Waals surface area contributed by atoms with E-state index in [0.29, 0.717) is 0 Å². The third-order valence-electron chi connectivity index (χ3n) is 2.98. The molecule has 0 atom stereocenters. The first-order valence-corrected chi connectivity index (χ1v) is 6.81. The molecule has 1 saturated carbocycles. The first kappa shape index (κ1) is 10.9. The van der Waals surface area contributed by atoms with E-state index in [1.807, 2.05) is 0 Å². The lowest BCUT2D eigenvalue weighted by atomic mass is 10.1. The molecule has 0 aliphatic heterocycles. The maximum atomic E-state index is 3.51. The van der Waals surface area contributed by atoms with Crippen molar-refractivity contribution < 1.29 is 0 Å². The molecule has 15 heavy (non-hydrogen) atoms. The van der Waals surface area contributed by atoms with Crippen molar-refractivity contribution in [1.29, 1.82) is 0 Å². The Hall–Kier alpha value is -0.560. The monoisotopic (exact) mass is 264 g/mol. The van der Waals surface area contributed by atoms with Crippen LogP contribution in [-0.4, -0.2) is 5.33 Å². The number of hydrogen-bond acceptors (Lipinski definition) is 0. The van der Waals surface area contributed by atoms with Crippen LogP contribution < -0.4 is 0 Å². The van der Waals surface area contributed by atoms with Crippen LogP contribution in [0.15, 0.2) is 29.8 Å². The van der Waals surface area contributed by atoms with Crippen molar-refractivity contribution >= 4 is 22.0 Å². The average Bonchev–Trinajstić information content (AvgIpc) is 3.10. The number of hydrogen-bond donors (Lipinski definition) is 0. The third kappa shape index (κ3) is 2.94. The molecule has 0 saturated heterocycles. The van der Waals surface area contributed by atoms with Crippen LogP contribution in [-0.2, 0) is 0 Å². The van der Waals surface area contributed by atoms with Gasteiger partial charge in [0.1, 0.15) is 0 Å².